The van der Waals surface area contributed by atoms with Crippen molar-refractivity contribution in [1.82, 2.24) is 15.1 Å². The molecular weight excluding hydrogens is 321 g/mol. The van der Waals surface area contributed by atoms with Crippen LogP contribution in [0.15, 0.2) is 34.2 Å². The van der Waals surface area contributed by atoms with Crippen molar-refractivity contribution in [2.75, 3.05) is 0 Å². The number of aromatic nitrogens is 3. The second-order valence-corrected chi connectivity index (χ2v) is 6.97. The quantitative estimate of drug-likeness (QED) is 0.680. The summed E-state index contributed by atoms with van der Waals surface area (Å²) >= 11 is 3.26. The van der Waals surface area contributed by atoms with Crippen LogP contribution in [0, 0.1) is 12.7 Å². The van der Waals surface area contributed by atoms with Crippen LogP contribution in [-0.4, -0.2) is 15.1 Å². The van der Waals surface area contributed by atoms with Crippen molar-refractivity contribution in [3.63, 3.8) is 0 Å². The lowest BCUT2D eigenvalue weighted by Crippen LogP contribution is -1.91. The molecule has 0 aliphatic heterocycles. The van der Waals surface area contributed by atoms with Crippen LogP contribution in [0.5, 0.6) is 0 Å². The molecule has 0 fully saturated rings. The van der Waals surface area contributed by atoms with Gasteiger partial charge in [-0.05, 0) is 38.1 Å². The summed E-state index contributed by atoms with van der Waals surface area (Å²) in [4.78, 5) is 8.82. The first-order valence-electron chi connectivity index (χ1n) is 6.74. The molecule has 0 radical (unpaired) electrons. The molecule has 2 heterocycles. The highest BCUT2D eigenvalue weighted by molar-refractivity contribution is 7.98. The van der Waals surface area contributed by atoms with E-state index in [1.54, 1.807) is 42.2 Å². The molecule has 1 unspecified atom stereocenters. The molecule has 0 spiro atoms. The topological polar surface area (TPSA) is 51.8 Å². The number of thioether (sulfide) groups is 1. The van der Waals surface area contributed by atoms with Crippen molar-refractivity contribution >= 4 is 23.1 Å². The van der Waals surface area contributed by atoms with Gasteiger partial charge in [-0.2, -0.15) is 4.98 Å². The minimum Gasteiger partial charge on any atom is -0.338 e. The lowest BCUT2D eigenvalue weighted by Gasteiger charge is -2.04. The molecule has 0 amide bonds. The van der Waals surface area contributed by atoms with Crippen LogP contribution in [0.4, 0.5) is 4.39 Å². The number of halogens is 1. The van der Waals surface area contributed by atoms with Crippen molar-refractivity contribution in [1.29, 1.82) is 0 Å². The van der Waals surface area contributed by atoms with Crippen LogP contribution in [0.3, 0.4) is 0 Å². The summed E-state index contributed by atoms with van der Waals surface area (Å²) < 4.78 is 18.1. The van der Waals surface area contributed by atoms with Crippen LogP contribution in [0.2, 0.25) is 0 Å². The van der Waals surface area contributed by atoms with Crippen LogP contribution >= 0.6 is 23.1 Å². The second kappa shape index (κ2) is 6.58. The van der Waals surface area contributed by atoms with Gasteiger partial charge in [-0.1, -0.05) is 5.16 Å². The third-order valence-corrected chi connectivity index (χ3v) is 5.12. The number of thiazole rings is 1. The highest BCUT2D eigenvalue weighted by atomic mass is 32.2. The Bertz CT molecular complexity index is 754. The zero-order valence-electron chi connectivity index (χ0n) is 12.1. The maximum atomic E-state index is 12.9. The Balaban J connectivity index is 1.63. The normalized spacial score (nSPS) is 12.5. The third-order valence-electron chi connectivity index (χ3n) is 3.02. The minimum atomic E-state index is -0.236. The number of benzene rings is 1. The number of rotatable bonds is 5. The molecule has 0 saturated carbocycles. The minimum absolute atomic E-state index is 0.122. The van der Waals surface area contributed by atoms with Gasteiger partial charge in [0.15, 0.2) is 5.82 Å². The standard InChI is InChI=1S/C15H14FN3OS2/c1-9(14-17-10(2)19-20-14)21-7-13-8-22-15(18-13)11-3-5-12(16)6-4-11/h3-6,8-9H,7H2,1-2H3. The molecule has 22 heavy (non-hydrogen) atoms. The fraction of sp³-hybridized carbons (Fsp3) is 0.267. The summed E-state index contributed by atoms with van der Waals surface area (Å²) in [6.07, 6.45) is 0. The highest BCUT2D eigenvalue weighted by Crippen LogP contribution is 2.31. The zero-order valence-corrected chi connectivity index (χ0v) is 13.7. The van der Waals surface area contributed by atoms with Gasteiger partial charge in [-0.3, -0.25) is 0 Å². The van der Waals surface area contributed by atoms with Gasteiger partial charge in [-0.25, -0.2) is 9.37 Å². The van der Waals surface area contributed by atoms with Gasteiger partial charge in [0, 0.05) is 16.7 Å². The lowest BCUT2D eigenvalue weighted by molar-refractivity contribution is 0.376. The van der Waals surface area contributed by atoms with Crippen LogP contribution in [0.1, 0.15) is 29.6 Å². The SMILES string of the molecule is Cc1noc(C(C)SCc2csc(-c3ccc(F)cc3)n2)n1. The van der Waals surface area contributed by atoms with Crippen molar-refractivity contribution in [3.05, 3.63) is 52.9 Å². The van der Waals surface area contributed by atoms with Gasteiger partial charge in [0.25, 0.3) is 0 Å². The fourth-order valence-electron chi connectivity index (χ4n) is 1.86. The number of hydrogen-bond acceptors (Lipinski definition) is 6. The Morgan fingerprint density at radius 1 is 1.27 bits per heavy atom. The molecule has 0 bridgehead atoms. The molecule has 7 heteroatoms. The Labute approximate surface area is 135 Å². The first kappa shape index (κ1) is 15.2. The zero-order chi connectivity index (χ0) is 15.5. The van der Waals surface area contributed by atoms with Crippen molar-refractivity contribution < 1.29 is 8.91 Å². The fourth-order valence-corrected chi connectivity index (χ4v) is 3.60. The average molecular weight is 335 g/mol. The average Bonchev–Trinajstić information content (AvgIpc) is 3.15. The van der Waals surface area contributed by atoms with Gasteiger partial charge in [0.1, 0.15) is 10.8 Å². The maximum absolute atomic E-state index is 12.9. The second-order valence-electron chi connectivity index (χ2n) is 4.78. The van der Waals surface area contributed by atoms with Gasteiger partial charge < -0.3 is 4.52 Å². The van der Waals surface area contributed by atoms with Crippen LogP contribution < -0.4 is 0 Å². The molecule has 0 N–H and O–H groups in total. The van der Waals surface area contributed by atoms with Crippen molar-refractivity contribution in [2.45, 2.75) is 24.9 Å². The van der Waals surface area contributed by atoms with E-state index in [1.807, 2.05) is 12.3 Å². The van der Waals surface area contributed by atoms with Gasteiger partial charge in [0.2, 0.25) is 5.89 Å². The number of nitrogens with zero attached hydrogens (tertiary/aromatic N) is 3. The van der Waals surface area contributed by atoms with Gasteiger partial charge in [-0.15, -0.1) is 23.1 Å². The van der Waals surface area contributed by atoms with E-state index in [9.17, 15) is 4.39 Å². The summed E-state index contributed by atoms with van der Waals surface area (Å²) in [5, 5.41) is 6.85. The molecule has 3 rings (SSSR count). The lowest BCUT2D eigenvalue weighted by atomic mass is 10.2. The first-order chi connectivity index (χ1) is 10.6. The molecule has 0 saturated heterocycles. The van der Waals surface area contributed by atoms with E-state index in [4.69, 9.17) is 4.52 Å². The van der Waals surface area contributed by atoms with Crippen LogP contribution in [0.25, 0.3) is 10.6 Å². The van der Waals surface area contributed by atoms with E-state index in [0.717, 1.165) is 22.0 Å². The highest BCUT2D eigenvalue weighted by Gasteiger charge is 2.14. The smallest absolute Gasteiger partial charge is 0.239 e. The summed E-state index contributed by atoms with van der Waals surface area (Å²) in [5.41, 5.74) is 1.93. The molecule has 0 aliphatic rings. The van der Waals surface area contributed by atoms with E-state index in [1.165, 1.54) is 12.1 Å². The molecule has 0 aliphatic carbocycles. The molecule has 1 atom stereocenters. The Morgan fingerprint density at radius 3 is 2.73 bits per heavy atom. The molecule has 2 aromatic heterocycles. The van der Waals surface area contributed by atoms with E-state index in [-0.39, 0.29) is 11.1 Å². The van der Waals surface area contributed by atoms with Crippen LogP contribution in [-0.2, 0) is 5.75 Å². The molecular formula is C15H14FN3OS2. The van der Waals surface area contributed by atoms with Gasteiger partial charge in [0.05, 0.1) is 10.9 Å². The molecule has 1 aromatic carbocycles. The summed E-state index contributed by atoms with van der Waals surface area (Å²) in [5.74, 6) is 1.81. The van der Waals surface area contributed by atoms with E-state index >= 15 is 0 Å². The largest absolute Gasteiger partial charge is 0.338 e. The molecule has 4 nitrogen and oxygen atoms in total. The first-order valence-corrected chi connectivity index (χ1v) is 8.67. The molecule has 3 aromatic rings. The predicted molar refractivity (Wildman–Crippen MR) is 86.3 cm³/mol. The van der Waals surface area contributed by atoms with E-state index in [2.05, 4.69) is 15.1 Å². The molecule has 114 valence electrons. The number of hydrogen-bond donors (Lipinski definition) is 0. The summed E-state index contributed by atoms with van der Waals surface area (Å²) in [6, 6.07) is 6.39. The van der Waals surface area contributed by atoms with Crippen molar-refractivity contribution in [3.8, 4) is 10.6 Å². The Hall–Kier alpha value is -1.73. The summed E-state index contributed by atoms with van der Waals surface area (Å²) in [7, 11) is 0. The Kier molecular flexibility index (Phi) is 4.54. The Morgan fingerprint density at radius 2 is 2.05 bits per heavy atom. The monoisotopic (exact) mass is 335 g/mol. The van der Waals surface area contributed by atoms with Crippen molar-refractivity contribution in [2.24, 2.45) is 0 Å². The van der Waals surface area contributed by atoms with Gasteiger partial charge >= 0.3 is 0 Å². The maximum Gasteiger partial charge on any atom is 0.239 e. The van der Waals surface area contributed by atoms with E-state index < -0.39 is 0 Å². The predicted octanol–water partition coefficient (Wildman–Crippen LogP) is 4.64. The third kappa shape index (κ3) is 3.53. The van der Waals surface area contributed by atoms with E-state index in [0.29, 0.717) is 11.7 Å². The number of aryl methyl sites for hydroxylation is 1. The summed E-state index contributed by atoms with van der Waals surface area (Å²) in [6.45, 7) is 3.84.